The fourth-order valence-electron chi connectivity index (χ4n) is 6.72. The van der Waals surface area contributed by atoms with Gasteiger partial charge in [-0.25, -0.2) is 9.18 Å². The van der Waals surface area contributed by atoms with Gasteiger partial charge in [0, 0.05) is 37.3 Å². The minimum Gasteiger partial charge on any atom is -0.335 e. The summed E-state index contributed by atoms with van der Waals surface area (Å²) in [5, 5.41) is 19.1. The molecule has 3 saturated heterocycles. The number of rotatable bonds is 6. The number of para-hydroxylation sites is 2. The molecule has 3 aromatic carbocycles. The van der Waals surface area contributed by atoms with Crippen molar-refractivity contribution in [3.05, 3.63) is 82.2 Å². The third kappa shape index (κ3) is 5.23. The number of likely N-dealkylation sites (tertiary alicyclic amines) is 1. The smallest absolute Gasteiger partial charge is 0.318 e. The molecule has 0 aliphatic carbocycles. The maximum Gasteiger partial charge on any atom is 0.318 e. The predicted molar refractivity (Wildman–Crippen MR) is 149 cm³/mol. The number of carbonyl (C=O) groups excluding carboxylic acids is 2. The largest absolute Gasteiger partial charge is 0.335 e. The fourth-order valence-corrected chi connectivity index (χ4v) is 6.72. The van der Waals surface area contributed by atoms with Gasteiger partial charge in [0.1, 0.15) is 17.5 Å². The van der Waals surface area contributed by atoms with Crippen LogP contribution in [0.1, 0.15) is 44.1 Å². The van der Waals surface area contributed by atoms with Gasteiger partial charge in [-0.3, -0.25) is 19.8 Å². The molecule has 2 bridgehead atoms. The van der Waals surface area contributed by atoms with Crippen LogP contribution in [0.2, 0.25) is 0 Å². The number of nitrogens with zero attached hydrogens (tertiary/aromatic N) is 3. The van der Waals surface area contributed by atoms with Crippen LogP contribution >= 0.6 is 0 Å². The molecule has 0 aromatic heterocycles. The van der Waals surface area contributed by atoms with Crippen LogP contribution in [0.3, 0.4) is 0 Å². The van der Waals surface area contributed by atoms with Crippen molar-refractivity contribution in [2.75, 3.05) is 11.9 Å². The molecule has 3 aromatic rings. The van der Waals surface area contributed by atoms with Crippen molar-refractivity contribution in [2.24, 2.45) is 0 Å². The van der Waals surface area contributed by atoms with Gasteiger partial charge in [-0.2, -0.15) is 0 Å². The van der Waals surface area contributed by atoms with E-state index in [1.165, 1.54) is 23.8 Å². The Balaban J connectivity index is 1.07. The molecule has 10 heteroatoms. The summed E-state index contributed by atoms with van der Waals surface area (Å²) in [5.41, 5.74) is 1.15. The number of piperidine rings is 1. The summed E-state index contributed by atoms with van der Waals surface area (Å²) in [6.45, 7) is 1.29. The molecule has 2 N–H and O–H groups in total. The average molecular weight is 546 g/mol. The number of hydrogen-bond acceptors (Lipinski definition) is 5. The third-order valence-electron chi connectivity index (χ3n) is 8.62. The highest BCUT2D eigenvalue weighted by Gasteiger charge is 2.42. The lowest BCUT2D eigenvalue weighted by atomic mass is 9.96. The van der Waals surface area contributed by atoms with Crippen LogP contribution in [0.4, 0.5) is 20.6 Å². The molecule has 3 atom stereocenters. The van der Waals surface area contributed by atoms with E-state index in [0.717, 1.165) is 43.0 Å². The van der Waals surface area contributed by atoms with Gasteiger partial charge in [-0.05, 0) is 79.1 Å². The second-order valence-electron chi connectivity index (χ2n) is 11.1. The van der Waals surface area contributed by atoms with E-state index in [0.29, 0.717) is 31.5 Å². The number of hydrogen-bond donors (Lipinski definition) is 2. The lowest BCUT2D eigenvalue weighted by Crippen LogP contribution is -2.54. The number of halogens is 1. The van der Waals surface area contributed by atoms with Gasteiger partial charge in [0.25, 0.3) is 5.69 Å². The lowest BCUT2D eigenvalue weighted by molar-refractivity contribution is -0.383. The Bertz CT molecular complexity index is 1450. The first kappa shape index (κ1) is 26.2. The Morgan fingerprint density at radius 2 is 1.70 bits per heavy atom. The number of nitro benzene ring substituents is 1. The molecular weight excluding hydrogens is 513 g/mol. The number of nitro groups is 1. The first-order valence-corrected chi connectivity index (χ1v) is 13.9. The SMILES string of the molecule is O=C(Nc1ccccc1[N+](=O)[O-])[C@@H]1CCCN1C(=O)NC1CC2CCC(C1)N2Cc1ccc2cc(F)ccc2c1. The van der Waals surface area contributed by atoms with Crippen LogP contribution in [0.25, 0.3) is 10.8 Å². The van der Waals surface area contributed by atoms with Crippen molar-refractivity contribution in [1.82, 2.24) is 15.1 Å². The van der Waals surface area contributed by atoms with Crippen LogP contribution in [-0.4, -0.2) is 57.4 Å². The minimum absolute atomic E-state index is 0.0281. The molecule has 6 rings (SSSR count). The Labute approximate surface area is 231 Å². The van der Waals surface area contributed by atoms with Crippen molar-refractivity contribution in [2.45, 2.75) is 69.2 Å². The van der Waals surface area contributed by atoms with E-state index in [9.17, 15) is 24.1 Å². The molecule has 0 spiro atoms. The monoisotopic (exact) mass is 545 g/mol. The summed E-state index contributed by atoms with van der Waals surface area (Å²) in [4.78, 5) is 41.2. The number of urea groups is 1. The molecule has 208 valence electrons. The zero-order valence-electron chi connectivity index (χ0n) is 22.1. The maximum absolute atomic E-state index is 13.6. The number of amides is 3. The number of benzene rings is 3. The van der Waals surface area contributed by atoms with Crippen LogP contribution in [0.5, 0.6) is 0 Å². The van der Waals surface area contributed by atoms with E-state index in [1.54, 1.807) is 23.1 Å². The molecule has 3 fully saturated rings. The fraction of sp³-hybridized carbons (Fsp3) is 0.400. The summed E-state index contributed by atoms with van der Waals surface area (Å²) in [6.07, 6.45) is 5.08. The molecule has 3 amide bonds. The van der Waals surface area contributed by atoms with Crippen LogP contribution < -0.4 is 10.6 Å². The van der Waals surface area contributed by atoms with Crippen LogP contribution in [-0.2, 0) is 11.3 Å². The van der Waals surface area contributed by atoms with Gasteiger partial charge in [0.05, 0.1) is 4.92 Å². The van der Waals surface area contributed by atoms with Crippen molar-refractivity contribution in [3.63, 3.8) is 0 Å². The summed E-state index contributed by atoms with van der Waals surface area (Å²) in [5.74, 6) is -0.640. The van der Waals surface area contributed by atoms with Gasteiger partial charge in [0.2, 0.25) is 5.91 Å². The highest BCUT2D eigenvalue weighted by Crippen LogP contribution is 2.37. The molecule has 2 unspecified atom stereocenters. The van der Waals surface area contributed by atoms with Gasteiger partial charge >= 0.3 is 6.03 Å². The summed E-state index contributed by atoms with van der Waals surface area (Å²) < 4.78 is 13.6. The van der Waals surface area contributed by atoms with Crippen LogP contribution in [0, 0.1) is 15.9 Å². The zero-order chi connectivity index (χ0) is 27.8. The number of carbonyl (C=O) groups is 2. The highest BCUT2D eigenvalue weighted by molar-refractivity contribution is 5.98. The van der Waals surface area contributed by atoms with Crippen molar-refractivity contribution < 1.29 is 18.9 Å². The maximum atomic E-state index is 13.6. The third-order valence-corrected chi connectivity index (χ3v) is 8.62. The number of nitrogens with one attached hydrogen (secondary N) is 2. The second kappa shape index (κ2) is 10.8. The minimum atomic E-state index is -0.669. The van der Waals surface area contributed by atoms with Crippen molar-refractivity contribution >= 4 is 34.1 Å². The van der Waals surface area contributed by atoms with E-state index in [2.05, 4.69) is 27.7 Å². The quantitative estimate of drug-likeness (QED) is 0.327. The van der Waals surface area contributed by atoms with Gasteiger partial charge < -0.3 is 15.5 Å². The van der Waals surface area contributed by atoms with Crippen molar-refractivity contribution in [3.8, 4) is 0 Å². The van der Waals surface area contributed by atoms with E-state index < -0.39 is 16.9 Å². The second-order valence-corrected chi connectivity index (χ2v) is 11.1. The molecule has 3 aliphatic heterocycles. The Hall–Kier alpha value is -4.05. The molecule has 40 heavy (non-hydrogen) atoms. The Kier molecular flexibility index (Phi) is 7.10. The topological polar surface area (TPSA) is 108 Å². The molecule has 0 radical (unpaired) electrons. The highest BCUT2D eigenvalue weighted by atomic mass is 19.1. The first-order valence-electron chi connectivity index (χ1n) is 13.9. The van der Waals surface area contributed by atoms with Crippen molar-refractivity contribution in [1.29, 1.82) is 0 Å². The summed E-state index contributed by atoms with van der Waals surface area (Å²) in [6, 6.07) is 16.9. The predicted octanol–water partition coefficient (Wildman–Crippen LogP) is 5.20. The van der Waals surface area contributed by atoms with Gasteiger partial charge in [-0.1, -0.05) is 30.3 Å². The number of anilines is 1. The average Bonchev–Trinajstić information content (AvgIpc) is 3.51. The molecular formula is C30H32FN5O4. The van der Waals surface area contributed by atoms with Gasteiger partial charge in [0.15, 0.2) is 0 Å². The molecule has 0 saturated carbocycles. The molecule has 9 nitrogen and oxygen atoms in total. The van der Waals surface area contributed by atoms with Crippen LogP contribution in [0.15, 0.2) is 60.7 Å². The van der Waals surface area contributed by atoms with E-state index in [1.807, 2.05) is 12.1 Å². The van der Waals surface area contributed by atoms with E-state index in [4.69, 9.17) is 0 Å². The lowest BCUT2D eigenvalue weighted by Gasteiger charge is -2.40. The van der Waals surface area contributed by atoms with E-state index >= 15 is 0 Å². The summed E-state index contributed by atoms with van der Waals surface area (Å²) >= 11 is 0. The Morgan fingerprint density at radius 1 is 0.975 bits per heavy atom. The normalized spacial score (nSPS) is 24.3. The zero-order valence-corrected chi connectivity index (χ0v) is 22.1. The van der Waals surface area contributed by atoms with Gasteiger partial charge in [-0.15, -0.1) is 0 Å². The Morgan fingerprint density at radius 3 is 2.48 bits per heavy atom. The van der Waals surface area contributed by atoms with E-state index in [-0.39, 0.29) is 29.3 Å². The number of fused-ring (bicyclic) bond motifs is 3. The molecule has 3 aliphatic rings. The standard InChI is InChI=1S/C30H32FN5O4/c31-22-10-9-20-14-19(7-8-21(20)15-22)18-35-24-11-12-25(35)17-23(16-24)32-30(38)34-13-3-6-28(34)29(37)33-26-4-1-2-5-27(26)36(39)40/h1-2,4-5,7-10,14-15,23-25,28H,3,6,11-13,16-18H2,(H,32,38)(H,33,37)/t23?,24?,25?,28-/m0/s1. The first-order chi connectivity index (χ1) is 19.4. The molecule has 3 heterocycles. The summed E-state index contributed by atoms with van der Waals surface area (Å²) in [7, 11) is 0.